The lowest BCUT2D eigenvalue weighted by Crippen LogP contribution is -2.44. The largest absolute Gasteiger partial charge is 0.336 e. The van der Waals surface area contributed by atoms with E-state index >= 15 is 0 Å². The van der Waals surface area contributed by atoms with Crippen LogP contribution < -0.4 is 4.90 Å². The molecular formula is C19H19BrN2O2. The lowest BCUT2D eigenvalue weighted by molar-refractivity contribution is -0.132. The molecule has 0 bridgehead atoms. The van der Waals surface area contributed by atoms with Crippen molar-refractivity contribution in [1.82, 2.24) is 4.90 Å². The molecule has 0 atom stereocenters. The molecular weight excluding hydrogens is 368 g/mol. The van der Waals surface area contributed by atoms with Gasteiger partial charge in [0, 0.05) is 30.2 Å². The molecule has 0 aromatic heterocycles. The Morgan fingerprint density at radius 1 is 1.12 bits per heavy atom. The molecule has 1 aliphatic heterocycles. The fourth-order valence-electron chi connectivity index (χ4n) is 2.97. The van der Waals surface area contributed by atoms with E-state index < -0.39 is 0 Å². The molecule has 124 valence electrons. The Morgan fingerprint density at radius 3 is 2.58 bits per heavy atom. The van der Waals surface area contributed by atoms with Gasteiger partial charge in [0.05, 0.1) is 0 Å². The predicted molar refractivity (Wildman–Crippen MR) is 97.7 cm³/mol. The summed E-state index contributed by atoms with van der Waals surface area (Å²) in [5, 5.41) is 0. The summed E-state index contributed by atoms with van der Waals surface area (Å²) in [5.41, 5.74) is 3.22. The van der Waals surface area contributed by atoms with Gasteiger partial charge in [-0.2, -0.15) is 0 Å². The van der Waals surface area contributed by atoms with Crippen LogP contribution in [0.25, 0.3) is 0 Å². The summed E-state index contributed by atoms with van der Waals surface area (Å²) < 4.78 is 0.880. The Hall–Kier alpha value is -2.14. The third-order valence-electron chi connectivity index (χ3n) is 4.28. The van der Waals surface area contributed by atoms with Crippen molar-refractivity contribution in [3.63, 3.8) is 0 Å². The van der Waals surface area contributed by atoms with E-state index in [-0.39, 0.29) is 18.4 Å². The van der Waals surface area contributed by atoms with Crippen molar-refractivity contribution in [3.8, 4) is 0 Å². The van der Waals surface area contributed by atoms with E-state index in [1.165, 1.54) is 23.0 Å². The number of rotatable bonds is 3. The Bertz CT molecular complexity index is 775. The van der Waals surface area contributed by atoms with Crippen LogP contribution in [-0.2, 0) is 22.6 Å². The fraction of sp³-hybridized carbons (Fsp3) is 0.263. The highest BCUT2D eigenvalue weighted by Gasteiger charge is 2.24. The standard InChI is InChI=1S/C19H19BrN2O2/c1-14(23)22(18-8-4-7-17(20)11-18)13-19(24)21-10-9-15-5-2-3-6-16(15)12-21/h2-8,11H,9-10,12-13H2,1H3. The second kappa shape index (κ2) is 7.18. The van der Waals surface area contributed by atoms with Crippen LogP contribution >= 0.6 is 15.9 Å². The maximum absolute atomic E-state index is 12.7. The minimum Gasteiger partial charge on any atom is -0.336 e. The number of carbonyl (C=O) groups is 2. The maximum Gasteiger partial charge on any atom is 0.242 e. The molecule has 1 aliphatic rings. The van der Waals surface area contributed by atoms with Gasteiger partial charge in [-0.15, -0.1) is 0 Å². The Morgan fingerprint density at radius 2 is 1.88 bits per heavy atom. The molecule has 2 amide bonds. The van der Waals surface area contributed by atoms with Gasteiger partial charge >= 0.3 is 0 Å². The van der Waals surface area contributed by atoms with Crippen LogP contribution in [0.5, 0.6) is 0 Å². The molecule has 2 aromatic rings. The molecule has 0 saturated heterocycles. The molecule has 0 aliphatic carbocycles. The van der Waals surface area contributed by atoms with Gasteiger partial charge in [0.25, 0.3) is 0 Å². The fourth-order valence-corrected chi connectivity index (χ4v) is 3.36. The summed E-state index contributed by atoms with van der Waals surface area (Å²) in [6.07, 6.45) is 0.860. The summed E-state index contributed by atoms with van der Waals surface area (Å²) >= 11 is 3.41. The van der Waals surface area contributed by atoms with E-state index in [1.54, 1.807) is 0 Å². The number of amides is 2. The molecule has 5 heteroatoms. The number of carbonyl (C=O) groups excluding carboxylic acids is 2. The molecule has 24 heavy (non-hydrogen) atoms. The van der Waals surface area contributed by atoms with Crippen molar-refractivity contribution in [3.05, 3.63) is 64.1 Å². The lowest BCUT2D eigenvalue weighted by atomic mass is 10.00. The zero-order chi connectivity index (χ0) is 17.1. The third-order valence-corrected chi connectivity index (χ3v) is 4.77. The molecule has 0 saturated carbocycles. The summed E-state index contributed by atoms with van der Waals surface area (Å²) in [5.74, 6) is -0.168. The molecule has 3 rings (SSSR count). The first-order valence-electron chi connectivity index (χ1n) is 7.93. The van der Waals surface area contributed by atoms with Crippen LogP contribution in [0.2, 0.25) is 0 Å². The summed E-state index contributed by atoms with van der Waals surface area (Å²) in [7, 11) is 0. The monoisotopic (exact) mass is 386 g/mol. The highest BCUT2D eigenvalue weighted by Crippen LogP contribution is 2.22. The second-order valence-electron chi connectivity index (χ2n) is 5.92. The Balaban J connectivity index is 1.74. The number of halogens is 1. The Labute approximate surface area is 150 Å². The molecule has 1 heterocycles. The smallest absolute Gasteiger partial charge is 0.242 e. The topological polar surface area (TPSA) is 40.6 Å². The average molecular weight is 387 g/mol. The van der Waals surface area contributed by atoms with E-state index in [0.717, 1.165) is 16.6 Å². The predicted octanol–water partition coefficient (Wildman–Crippen LogP) is 3.39. The first-order valence-corrected chi connectivity index (χ1v) is 8.72. The molecule has 0 fully saturated rings. The lowest BCUT2D eigenvalue weighted by Gasteiger charge is -2.31. The normalized spacial score (nSPS) is 13.3. The minimum absolute atomic E-state index is 0.0281. The van der Waals surface area contributed by atoms with Gasteiger partial charge < -0.3 is 9.80 Å². The molecule has 0 N–H and O–H groups in total. The first-order chi connectivity index (χ1) is 11.5. The first kappa shape index (κ1) is 16.7. The van der Waals surface area contributed by atoms with Crippen molar-refractivity contribution in [1.29, 1.82) is 0 Å². The van der Waals surface area contributed by atoms with Gasteiger partial charge in [0.1, 0.15) is 6.54 Å². The van der Waals surface area contributed by atoms with E-state index in [2.05, 4.69) is 28.1 Å². The number of benzene rings is 2. The average Bonchev–Trinajstić information content (AvgIpc) is 2.58. The van der Waals surface area contributed by atoms with Crippen molar-refractivity contribution in [2.45, 2.75) is 19.9 Å². The number of hydrogen-bond acceptors (Lipinski definition) is 2. The van der Waals surface area contributed by atoms with E-state index in [0.29, 0.717) is 13.1 Å². The summed E-state index contributed by atoms with van der Waals surface area (Å²) in [6, 6.07) is 15.6. The van der Waals surface area contributed by atoms with Crippen molar-refractivity contribution >= 4 is 33.4 Å². The molecule has 2 aromatic carbocycles. The number of anilines is 1. The minimum atomic E-state index is -0.140. The Kier molecular flexibility index (Phi) is 5.00. The van der Waals surface area contributed by atoms with E-state index in [4.69, 9.17) is 0 Å². The van der Waals surface area contributed by atoms with Gasteiger partial charge in [-0.25, -0.2) is 0 Å². The maximum atomic E-state index is 12.7. The highest BCUT2D eigenvalue weighted by atomic mass is 79.9. The van der Waals surface area contributed by atoms with Crippen LogP contribution in [0.15, 0.2) is 53.0 Å². The van der Waals surface area contributed by atoms with Gasteiger partial charge in [-0.3, -0.25) is 9.59 Å². The molecule has 0 radical (unpaired) electrons. The van der Waals surface area contributed by atoms with Crippen LogP contribution in [0, 0.1) is 0 Å². The van der Waals surface area contributed by atoms with Crippen LogP contribution in [0.4, 0.5) is 5.69 Å². The van der Waals surface area contributed by atoms with Gasteiger partial charge in [0.2, 0.25) is 11.8 Å². The van der Waals surface area contributed by atoms with Crippen molar-refractivity contribution < 1.29 is 9.59 Å². The van der Waals surface area contributed by atoms with Gasteiger partial charge in [-0.1, -0.05) is 46.3 Å². The zero-order valence-electron chi connectivity index (χ0n) is 13.5. The zero-order valence-corrected chi connectivity index (χ0v) is 15.1. The summed E-state index contributed by atoms with van der Waals surface area (Å²) in [6.45, 7) is 2.85. The second-order valence-corrected chi connectivity index (χ2v) is 6.83. The molecule has 4 nitrogen and oxygen atoms in total. The number of fused-ring (bicyclic) bond motifs is 1. The SMILES string of the molecule is CC(=O)N(CC(=O)N1CCc2ccccc2C1)c1cccc(Br)c1. The van der Waals surface area contributed by atoms with Crippen LogP contribution in [0.1, 0.15) is 18.1 Å². The van der Waals surface area contributed by atoms with E-state index in [1.807, 2.05) is 41.3 Å². The quantitative estimate of drug-likeness (QED) is 0.810. The third kappa shape index (κ3) is 3.67. The number of nitrogens with zero attached hydrogens (tertiary/aromatic N) is 2. The highest BCUT2D eigenvalue weighted by molar-refractivity contribution is 9.10. The van der Waals surface area contributed by atoms with Crippen LogP contribution in [0.3, 0.4) is 0 Å². The van der Waals surface area contributed by atoms with Gasteiger partial charge in [-0.05, 0) is 35.7 Å². The van der Waals surface area contributed by atoms with Gasteiger partial charge in [0.15, 0.2) is 0 Å². The van der Waals surface area contributed by atoms with Crippen molar-refractivity contribution in [2.75, 3.05) is 18.0 Å². The summed E-state index contributed by atoms with van der Waals surface area (Å²) in [4.78, 5) is 28.1. The number of hydrogen-bond donors (Lipinski definition) is 0. The van der Waals surface area contributed by atoms with Crippen molar-refractivity contribution in [2.24, 2.45) is 0 Å². The molecule has 0 spiro atoms. The van der Waals surface area contributed by atoms with E-state index in [9.17, 15) is 9.59 Å². The van der Waals surface area contributed by atoms with Crippen LogP contribution in [-0.4, -0.2) is 29.8 Å². The molecule has 0 unspecified atom stereocenters.